The minimum absolute atomic E-state index is 0.0458. The highest BCUT2D eigenvalue weighted by atomic mass is 16.5. The fourth-order valence-corrected chi connectivity index (χ4v) is 4.65. The molecule has 1 amide bonds. The highest BCUT2D eigenvalue weighted by Gasteiger charge is 2.36. The number of carbonyl (C=O) groups excluding carboxylic acids is 1. The highest BCUT2D eigenvalue weighted by Crippen LogP contribution is 2.30. The van der Waals surface area contributed by atoms with E-state index in [0.29, 0.717) is 31.7 Å². The fraction of sp³-hybridized carbons (Fsp3) is 0.375. The number of morpholine rings is 1. The highest BCUT2D eigenvalue weighted by molar-refractivity contribution is 5.79. The average Bonchev–Trinajstić information content (AvgIpc) is 3.39. The van der Waals surface area contributed by atoms with Gasteiger partial charge in [0.05, 0.1) is 42.5 Å². The molecular formula is C24H25N7O2. The van der Waals surface area contributed by atoms with Crippen LogP contribution >= 0.6 is 0 Å². The Kier molecular flexibility index (Phi) is 5.86. The SMILES string of the molecule is Cc1c(C#N)cccc1[C@H]1CN2CCN(C(=O)Cc3ccc(-n4cnnn4)cc3)C[C@H]2CO1. The summed E-state index contributed by atoms with van der Waals surface area (Å²) in [5.41, 5.74) is 4.58. The van der Waals surface area contributed by atoms with E-state index >= 15 is 0 Å². The van der Waals surface area contributed by atoms with E-state index in [0.717, 1.165) is 35.5 Å². The zero-order valence-electron chi connectivity index (χ0n) is 18.5. The third kappa shape index (κ3) is 4.35. The number of carbonyl (C=O) groups is 1. The summed E-state index contributed by atoms with van der Waals surface area (Å²) in [7, 11) is 0. The van der Waals surface area contributed by atoms with Crippen LogP contribution in [0.5, 0.6) is 0 Å². The molecule has 2 aliphatic heterocycles. The maximum atomic E-state index is 13.0. The van der Waals surface area contributed by atoms with Crippen molar-refractivity contribution in [3.05, 3.63) is 71.0 Å². The Morgan fingerprint density at radius 2 is 2.03 bits per heavy atom. The molecule has 2 saturated heterocycles. The molecular weight excluding hydrogens is 418 g/mol. The first-order valence-corrected chi connectivity index (χ1v) is 11.1. The van der Waals surface area contributed by atoms with Crippen LogP contribution in [0.15, 0.2) is 48.8 Å². The minimum Gasteiger partial charge on any atom is -0.370 e. The fourth-order valence-electron chi connectivity index (χ4n) is 4.65. The van der Waals surface area contributed by atoms with Gasteiger partial charge in [0, 0.05) is 26.2 Å². The van der Waals surface area contributed by atoms with Gasteiger partial charge in [-0.25, -0.2) is 4.68 Å². The van der Waals surface area contributed by atoms with Crippen molar-refractivity contribution in [2.75, 3.05) is 32.8 Å². The molecule has 0 N–H and O–H groups in total. The van der Waals surface area contributed by atoms with Gasteiger partial charge in [-0.1, -0.05) is 24.3 Å². The van der Waals surface area contributed by atoms with Gasteiger partial charge in [0.2, 0.25) is 5.91 Å². The summed E-state index contributed by atoms with van der Waals surface area (Å²) < 4.78 is 7.78. The van der Waals surface area contributed by atoms with E-state index in [4.69, 9.17) is 4.74 Å². The monoisotopic (exact) mass is 443 g/mol. The molecule has 2 atom stereocenters. The molecule has 33 heavy (non-hydrogen) atoms. The Bertz CT molecular complexity index is 1170. The number of piperazine rings is 1. The molecule has 0 spiro atoms. The van der Waals surface area contributed by atoms with Crippen LogP contribution in [0, 0.1) is 18.3 Å². The number of aromatic nitrogens is 4. The van der Waals surface area contributed by atoms with Crippen LogP contribution in [0.4, 0.5) is 0 Å². The summed E-state index contributed by atoms with van der Waals surface area (Å²) in [6, 6.07) is 16.0. The smallest absolute Gasteiger partial charge is 0.227 e. The number of nitriles is 1. The quantitative estimate of drug-likeness (QED) is 0.605. The molecule has 1 aromatic heterocycles. The van der Waals surface area contributed by atoms with Crippen LogP contribution < -0.4 is 0 Å². The van der Waals surface area contributed by atoms with Crippen molar-refractivity contribution in [1.82, 2.24) is 30.0 Å². The van der Waals surface area contributed by atoms with E-state index in [1.54, 1.807) is 4.68 Å². The Morgan fingerprint density at radius 3 is 2.79 bits per heavy atom. The Balaban J connectivity index is 1.18. The van der Waals surface area contributed by atoms with Crippen LogP contribution in [0.25, 0.3) is 5.69 Å². The van der Waals surface area contributed by atoms with Crippen LogP contribution in [-0.4, -0.2) is 74.7 Å². The maximum Gasteiger partial charge on any atom is 0.227 e. The van der Waals surface area contributed by atoms with Crippen molar-refractivity contribution in [3.63, 3.8) is 0 Å². The second-order valence-electron chi connectivity index (χ2n) is 8.54. The van der Waals surface area contributed by atoms with Crippen LogP contribution in [-0.2, 0) is 16.0 Å². The third-order valence-corrected chi connectivity index (χ3v) is 6.60. The van der Waals surface area contributed by atoms with Gasteiger partial charge in [0.1, 0.15) is 6.33 Å². The lowest BCUT2D eigenvalue weighted by Crippen LogP contribution is -2.59. The number of benzene rings is 2. The van der Waals surface area contributed by atoms with Crippen molar-refractivity contribution in [1.29, 1.82) is 5.26 Å². The summed E-state index contributed by atoms with van der Waals surface area (Å²) >= 11 is 0. The first-order chi connectivity index (χ1) is 16.1. The molecule has 2 fully saturated rings. The Labute approximate surface area is 192 Å². The van der Waals surface area contributed by atoms with Gasteiger partial charge >= 0.3 is 0 Å². The third-order valence-electron chi connectivity index (χ3n) is 6.60. The molecule has 9 nitrogen and oxygen atoms in total. The van der Waals surface area contributed by atoms with Crippen molar-refractivity contribution in [3.8, 4) is 11.8 Å². The van der Waals surface area contributed by atoms with E-state index in [2.05, 4.69) is 26.5 Å². The summed E-state index contributed by atoms with van der Waals surface area (Å²) in [6.45, 7) is 5.54. The zero-order chi connectivity index (χ0) is 22.8. The predicted octanol–water partition coefficient (Wildman–Crippen LogP) is 1.67. The molecule has 0 unspecified atom stereocenters. The molecule has 0 aliphatic carbocycles. The zero-order valence-corrected chi connectivity index (χ0v) is 18.5. The van der Waals surface area contributed by atoms with E-state index in [-0.39, 0.29) is 18.1 Å². The predicted molar refractivity (Wildman–Crippen MR) is 119 cm³/mol. The standard InChI is InChI=1S/C24H25N7O2/c1-17-19(12-25)3-2-4-22(17)23-14-29-9-10-30(13-21(29)15-33-23)24(32)11-18-5-7-20(8-6-18)31-16-26-27-28-31/h2-8,16,21,23H,9-11,13-15H2,1H3/t21-,23+/m0/s1. The lowest BCUT2D eigenvalue weighted by Gasteiger charge is -2.46. The van der Waals surface area contributed by atoms with E-state index < -0.39 is 0 Å². The Hall–Kier alpha value is -3.61. The second-order valence-corrected chi connectivity index (χ2v) is 8.54. The molecule has 3 heterocycles. The van der Waals surface area contributed by atoms with Gasteiger partial charge < -0.3 is 9.64 Å². The number of tetrazole rings is 1. The van der Waals surface area contributed by atoms with Crippen molar-refractivity contribution < 1.29 is 9.53 Å². The van der Waals surface area contributed by atoms with Gasteiger partial charge in [-0.05, 0) is 52.2 Å². The number of hydrogen-bond acceptors (Lipinski definition) is 7. The molecule has 0 bridgehead atoms. The molecule has 2 aromatic carbocycles. The molecule has 0 radical (unpaired) electrons. The normalized spacial score (nSPS) is 20.8. The number of ether oxygens (including phenoxy) is 1. The lowest BCUT2D eigenvalue weighted by molar-refractivity contribution is -0.139. The van der Waals surface area contributed by atoms with Crippen molar-refractivity contribution in [2.24, 2.45) is 0 Å². The van der Waals surface area contributed by atoms with Gasteiger partial charge in [0.15, 0.2) is 0 Å². The van der Waals surface area contributed by atoms with Gasteiger partial charge in [-0.2, -0.15) is 5.26 Å². The summed E-state index contributed by atoms with van der Waals surface area (Å²) in [6.07, 6.45) is 1.86. The number of fused-ring (bicyclic) bond motifs is 1. The van der Waals surface area contributed by atoms with Gasteiger partial charge in [-0.15, -0.1) is 5.10 Å². The van der Waals surface area contributed by atoms with Crippen LogP contribution in [0.2, 0.25) is 0 Å². The van der Waals surface area contributed by atoms with Crippen LogP contribution in [0.1, 0.15) is 28.4 Å². The molecule has 5 rings (SSSR count). The Morgan fingerprint density at radius 1 is 1.18 bits per heavy atom. The maximum absolute atomic E-state index is 13.0. The van der Waals surface area contributed by atoms with E-state index in [1.807, 2.05) is 54.3 Å². The van der Waals surface area contributed by atoms with Crippen molar-refractivity contribution >= 4 is 5.91 Å². The lowest BCUT2D eigenvalue weighted by atomic mass is 9.96. The van der Waals surface area contributed by atoms with E-state index in [9.17, 15) is 10.1 Å². The summed E-state index contributed by atoms with van der Waals surface area (Å²) in [4.78, 5) is 17.3. The molecule has 0 saturated carbocycles. The second kappa shape index (κ2) is 9.10. The number of amides is 1. The minimum atomic E-state index is -0.0458. The van der Waals surface area contributed by atoms with Crippen LogP contribution in [0.3, 0.4) is 0 Å². The van der Waals surface area contributed by atoms with Gasteiger partial charge in [0.25, 0.3) is 0 Å². The van der Waals surface area contributed by atoms with Gasteiger partial charge in [-0.3, -0.25) is 9.69 Å². The number of hydrogen-bond donors (Lipinski definition) is 0. The first kappa shape index (κ1) is 21.2. The summed E-state index contributed by atoms with van der Waals surface area (Å²) in [5, 5.41) is 20.5. The molecule has 2 aliphatic rings. The molecule has 168 valence electrons. The van der Waals surface area contributed by atoms with Crippen molar-refractivity contribution in [2.45, 2.75) is 25.5 Å². The number of rotatable bonds is 4. The first-order valence-electron chi connectivity index (χ1n) is 11.1. The summed E-state index contributed by atoms with van der Waals surface area (Å²) in [5.74, 6) is 0.129. The average molecular weight is 444 g/mol. The number of nitrogens with zero attached hydrogens (tertiary/aromatic N) is 7. The molecule has 9 heteroatoms. The van der Waals surface area contributed by atoms with E-state index in [1.165, 1.54) is 6.33 Å². The largest absolute Gasteiger partial charge is 0.370 e. The molecule has 3 aromatic rings. The topological polar surface area (TPSA) is 100 Å².